The normalized spacial score (nSPS) is 23.1. The fourth-order valence-corrected chi connectivity index (χ4v) is 1.69. The highest BCUT2D eigenvalue weighted by Gasteiger charge is 2.51. The van der Waals surface area contributed by atoms with Crippen molar-refractivity contribution in [2.24, 2.45) is 0 Å². The summed E-state index contributed by atoms with van der Waals surface area (Å²) >= 11 is 0. The first-order valence-electron chi connectivity index (χ1n) is 5.24. The third-order valence-corrected chi connectivity index (χ3v) is 2.84. The Morgan fingerprint density at radius 2 is 2.06 bits per heavy atom. The predicted octanol–water partition coefficient (Wildman–Crippen LogP) is 2.00. The monoisotopic (exact) mass is 224 g/mol. The topological polar surface area (TPSA) is 49.8 Å². The van der Waals surface area contributed by atoms with Crippen LogP contribution in [-0.4, -0.2) is 23.3 Å². The first-order valence-corrected chi connectivity index (χ1v) is 5.24. The fraction of sp³-hybridized carbons (Fsp3) is 0.417. The third-order valence-electron chi connectivity index (χ3n) is 2.84. The van der Waals surface area contributed by atoms with Crippen LogP contribution in [0.25, 0.3) is 0 Å². The van der Waals surface area contributed by atoms with E-state index in [1.54, 1.807) is 12.1 Å². The van der Waals surface area contributed by atoms with Gasteiger partial charge in [-0.25, -0.2) is 9.18 Å². The van der Waals surface area contributed by atoms with Crippen molar-refractivity contribution in [2.45, 2.75) is 24.9 Å². The number of aliphatic carboxylic acids is 1. The van der Waals surface area contributed by atoms with Gasteiger partial charge in [0, 0.05) is 0 Å². The number of carboxylic acids is 1. The summed E-state index contributed by atoms with van der Waals surface area (Å²) in [5.74, 6) is -1.14. The summed E-state index contributed by atoms with van der Waals surface area (Å²) in [6.45, 7) is 0.311. The van der Waals surface area contributed by atoms with Gasteiger partial charge in [0.1, 0.15) is 5.82 Å². The number of carbonyl (C=O) groups is 1. The lowest BCUT2D eigenvalue weighted by atomic mass is 10.0. The van der Waals surface area contributed by atoms with E-state index in [0.717, 1.165) is 18.4 Å². The van der Waals surface area contributed by atoms with Crippen molar-refractivity contribution >= 4 is 5.97 Å². The Hall–Kier alpha value is -1.42. The van der Waals surface area contributed by atoms with E-state index >= 15 is 0 Å². The Morgan fingerprint density at radius 3 is 2.56 bits per heavy atom. The van der Waals surface area contributed by atoms with Gasteiger partial charge in [0.2, 0.25) is 0 Å². The van der Waals surface area contributed by atoms with E-state index in [1.165, 1.54) is 12.1 Å². The highest BCUT2D eigenvalue weighted by atomic mass is 19.1. The second-order valence-electron chi connectivity index (χ2n) is 4.07. The number of carboxylic acid groups (broad SMARTS) is 1. The maximum atomic E-state index is 12.6. The zero-order valence-corrected chi connectivity index (χ0v) is 8.78. The Kier molecular flexibility index (Phi) is 2.92. The minimum absolute atomic E-state index is 0.253. The van der Waals surface area contributed by atoms with E-state index in [9.17, 15) is 9.18 Å². The summed E-state index contributed by atoms with van der Waals surface area (Å²) in [4.78, 5) is 10.8. The van der Waals surface area contributed by atoms with Crippen molar-refractivity contribution in [1.29, 1.82) is 0 Å². The first kappa shape index (κ1) is 11.1. The molecular formula is C12H13FO3. The SMILES string of the molecule is O=C(O)C1(CCCc2ccc(F)cc2)CO1. The van der Waals surface area contributed by atoms with E-state index < -0.39 is 11.6 Å². The molecule has 0 radical (unpaired) electrons. The minimum Gasteiger partial charge on any atom is -0.479 e. The molecule has 1 unspecified atom stereocenters. The van der Waals surface area contributed by atoms with Gasteiger partial charge in [-0.15, -0.1) is 0 Å². The zero-order chi connectivity index (χ0) is 11.6. The Morgan fingerprint density at radius 1 is 1.44 bits per heavy atom. The van der Waals surface area contributed by atoms with Crippen LogP contribution >= 0.6 is 0 Å². The third kappa shape index (κ3) is 2.39. The molecule has 1 fully saturated rings. The molecule has 1 N–H and O–H groups in total. The Bertz CT molecular complexity index is 382. The van der Waals surface area contributed by atoms with Gasteiger partial charge in [-0.2, -0.15) is 0 Å². The Balaban J connectivity index is 1.80. The van der Waals surface area contributed by atoms with Crippen LogP contribution in [0.5, 0.6) is 0 Å². The van der Waals surface area contributed by atoms with Gasteiger partial charge < -0.3 is 9.84 Å². The molecule has 0 aromatic heterocycles. The van der Waals surface area contributed by atoms with Crippen LogP contribution in [0.3, 0.4) is 0 Å². The largest absolute Gasteiger partial charge is 0.479 e. The zero-order valence-electron chi connectivity index (χ0n) is 8.78. The van der Waals surface area contributed by atoms with Crippen LogP contribution < -0.4 is 0 Å². The van der Waals surface area contributed by atoms with Crippen molar-refractivity contribution in [3.05, 3.63) is 35.6 Å². The van der Waals surface area contributed by atoms with Gasteiger partial charge in [0.25, 0.3) is 0 Å². The average Bonchev–Trinajstić information content (AvgIpc) is 3.02. The quantitative estimate of drug-likeness (QED) is 0.778. The summed E-state index contributed by atoms with van der Waals surface area (Å²) in [5.41, 5.74) is 0.0858. The number of rotatable bonds is 5. The van der Waals surface area contributed by atoms with Gasteiger partial charge in [-0.05, 0) is 37.0 Å². The molecule has 3 nitrogen and oxygen atoms in total. The van der Waals surface area contributed by atoms with E-state index in [4.69, 9.17) is 9.84 Å². The van der Waals surface area contributed by atoms with Crippen LogP contribution in [0.15, 0.2) is 24.3 Å². The molecule has 1 aliphatic rings. The molecule has 1 aliphatic heterocycles. The van der Waals surface area contributed by atoms with Gasteiger partial charge in [-0.1, -0.05) is 12.1 Å². The number of aryl methyl sites for hydroxylation is 1. The number of halogens is 1. The highest BCUT2D eigenvalue weighted by Crippen LogP contribution is 2.32. The second-order valence-corrected chi connectivity index (χ2v) is 4.07. The molecule has 1 heterocycles. The van der Waals surface area contributed by atoms with Crippen LogP contribution in [0, 0.1) is 5.82 Å². The van der Waals surface area contributed by atoms with Gasteiger partial charge in [0.15, 0.2) is 5.60 Å². The van der Waals surface area contributed by atoms with Crippen molar-refractivity contribution < 1.29 is 19.0 Å². The molecule has 0 saturated carbocycles. The van der Waals surface area contributed by atoms with E-state index in [1.807, 2.05) is 0 Å². The smallest absolute Gasteiger partial charge is 0.338 e. The lowest BCUT2D eigenvalue weighted by Crippen LogP contribution is -2.23. The van der Waals surface area contributed by atoms with Crippen molar-refractivity contribution in [1.82, 2.24) is 0 Å². The number of benzene rings is 1. The second kappa shape index (κ2) is 4.22. The van der Waals surface area contributed by atoms with Crippen molar-refractivity contribution in [3.63, 3.8) is 0 Å². The molecule has 1 aromatic rings. The first-order chi connectivity index (χ1) is 7.62. The molecule has 86 valence electrons. The molecule has 1 atom stereocenters. The molecule has 0 bridgehead atoms. The van der Waals surface area contributed by atoms with Crippen LogP contribution in [-0.2, 0) is 16.0 Å². The fourth-order valence-electron chi connectivity index (χ4n) is 1.69. The van der Waals surface area contributed by atoms with Crippen LogP contribution in [0.2, 0.25) is 0 Å². The molecule has 4 heteroatoms. The highest BCUT2D eigenvalue weighted by molar-refractivity contribution is 5.80. The molecule has 16 heavy (non-hydrogen) atoms. The number of hydrogen-bond acceptors (Lipinski definition) is 2. The maximum Gasteiger partial charge on any atom is 0.338 e. The number of ether oxygens (including phenoxy) is 1. The van der Waals surface area contributed by atoms with Crippen LogP contribution in [0.4, 0.5) is 4.39 Å². The minimum atomic E-state index is -0.931. The van der Waals surface area contributed by atoms with E-state index in [-0.39, 0.29) is 5.82 Å². The molecule has 0 spiro atoms. The van der Waals surface area contributed by atoms with Crippen molar-refractivity contribution in [3.8, 4) is 0 Å². The lowest BCUT2D eigenvalue weighted by Gasteiger charge is -2.06. The van der Waals surface area contributed by atoms with Gasteiger partial charge >= 0.3 is 5.97 Å². The molecule has 1 aromatic carbocycles. The Labute approximate surface area is 92.9 Å². The summed E-state index contributed by atoms with van der Waals surface area (Å²) in [6, 6.07) is 6.26. The lowest BCUT2D eigenvalue weighted by molar-refractivity contribution is -0.143. The molecule has 0 amide bonds. The summed E-state index contributed by atoms with van der Waals surface area (Å²) in [7, 11) is 0. The molecule has 2 rings (SSSR count). The summed E-state index contributed by atoms with van der Waals surface area (Å²) in [5, 5.41) is 8.86. The van der Waals surface area contributed by atoms with Gasteiger partial charge in [-0.3, -0.25) is 0 Å². The van der Waals surface area contributed by atoms with Gasteiger partial charge in [0.05, 0.1) is 6.61 Å². The molecule has 1 saturated heterocycles. The number of epoxide rings is 1. The van der Waals surface area contributed by atoms with E-state index in [2.05, 4.69) is 0 Å². The molecular weight excluding hydrogens is 211 g/mol. The summed E-state index contributed by atoms with van der Waals surface area (Å²) in [6.07, 6.45) is 2.00. The average molecular weight is 224 g/mol. The maximum absolute atomic E-state index is 12.6. The molecule has 0 aliphatic carbocycles. The predicted molar refractivity (Wildman–Crippen MR) is 55.7 cm³/mol. The standard InChI is InChI=1S/C12H13FO3/c13-10-5-3-9(4-6-10)2-1-7-12(8-16-12)11(14)15/h3-6H,1-2,7-8H2,(H,14,15). The van der Waals surface area contributed by atoms with E-state index in [0.29, 0.717) is 13.0 Å². The number of hydrogen-bond donors (Lipinski definition) is 1. The van der Waals surface area contributed by atoms with Crippen molar-refractivity contribution in [2.75, 3.05) is 6.61 Å². The van der Waals surface area contributed by atoms with Crippen LogP contribution in [0.1, 0.15) is 18.4 Å². The summed E-state index contributed by atoms with van der Waals surface area (Å²) < 4.78 is 17.6.